The van der Waals surface area contributed by atoms with Crippen LogP contribution in [0.5, 0.6) is 5.88 Å². The van der Waals surface area contributed by atoms with E-state index in [1.165, 1.54) is 12.7 Å². The van der Waals surface area contributed by atoms with E-state index in [2.05, 4.69) is 27.8 Å². The van der Waals surface area contributed by atoms with E-state index in [0.29, 0.717) is 36.0 Å². The summed E-state index contributed by atoms with van der Waals surface area (Å²) in [5.41, 5.74) is 1.85. The number of carbonyl (C=O) groups is 2. The van der Waals surface area contributed by atoms with Gasteiger partial charge >= 0.3 is 5.97 Å². The molecule has 2 aromatic heterocycles. The average molecular weight is 517 g/mol. The van der Waals surface area contributed by atoms with Crippen molar-refractivity contribution in [1.29, 1.82) is 0 Å². The van der Waals surface area contributed by atoms with E-state index >= 15 is 0 Å². The molecule has 1 amide bonds. The number of pyridine rings is 2. The lowest BCUT2D eigenvalue weighted by molar-refractivity contribution is -0.142. The van der Waals surface area contributed by atoms with E-state index in [-0.39, 0.29) is 18.9 Å². The van der Waals surface area contributed by atoms with E-state index < -0.39 is 17.4 Å². The van der Waals surface area contributed by atoms with Crippen molar-refractivity contribution in [2.75, 3.05) is 32.2 Å². The fraction of sp³-hybridized carbons (Fsp3) is 0.538. The number of aryl methyl sites for hydroxylation is 2. The molecule has 0 radical (unpaired) electrons. The van der Waals surface area contributed by atoms with Gasteiger partial charge in [0.2, 0.25) is 11.8 Å². The first kappa shape index (κ1) is 26.2. The Kier molecular flexibility index (Phi) is 8.64. The summed E-state index contributed by atoms with van der Waals surface area (Å²) in [5.74, 6) is -0.117. The molecule has 1 aliphatic heterocycles. The van der Waals surface area contributed by atoms with Gasteiger partial charge in [0, 0.05) is 37.9 Å². The third-order valence-electron chi connectivity index (χ3n) is 6.75. The van der Waals surface area contributed by atoms with Crippen LogP contribution in [0.4, 0.5) is 5.82 Å². The summed E-state index contributed by atoms with van der Waals surface area (Å²) in [6.07, 6.45) is 6.15. The van der Waals surface area contributed by atoms with Crippen molar-refractivity contribution >= 4 is 29.3 Å². The van der Waals surface area contributed by atoms with E-state index in [1.807, 2.05) is 0 Å². The van der Waals surface area contributed by atoms with Crippen LogP contribution in [0.1, 0.15) is 55.5 Å². The molecular formula is C26H33ClN4O5. The fourth-order valence-electron chi connectivity index (χ4n) is 4.45. The van der Waals surface area contributed by atoms with Crippen LogP contribution in [0.15, 0.2) is 24.3 Å². The minimum atomic E-state index is -1.10. The van der Waals surface area contributed by atoms with Crippen LogP contribution in [0.25, 0.3) is 0 Å². The van der Waals surface area contributed by atoms with Gasteiger partial charge in [0.05, 0.1) is 23.2 Å². The number of rotatable bonds is 13. The molecule has 1 aliphatic carbocycles. The number of anilines is 1. The van der Waals surface area contributed by atoms with Gasteiger partial charge in [0.25, 0.3) is 0 Å². The topological polar surface area (TPSA) is 123 Å². The number of nitrogens with zero attached hydrogens (tertiary/aromatic N) is 2. The number of hydrogen-bond donors (Lipinski definition) is 3. The number of carboxylic acids is 1. The lowest BCUT2D eigenvalue weighted by Crippen LogP contribution is -2.46. The zero-order chi connectivity index (χ0) is 25.5. The molecule has 3 heterocycles. The highest BCUT2D eigenvalue weighted by Crippen LogP contribution is 2.50. The van der Waals surface area contributed by atoms with E-state index in [4.69, 9.17) is 26.1 Å². The Hall–Kier alpha value is -2.91. The van der Waals surface area contributed by atoms with Crippen molar-refractivity contribution < 1.29 is 24.2 Å². The predicted molar refractivity (Wildman–Crippen MR) is 136 cm³/mol. The van der Waals surface area contributed by atoms with Crippen LogP contribution in [-0.2, 0) is 32.6 Å². The molecule has 1 fully saturated rings. The smallest absolute Gasteiger partial charge is 0.326 e. The average Bonchev–Trinajstić information content (AvgIpc) is 3.69. The number of ether oxygens (including phenoxy) is 2. The molecule has 0 saturated heterocycles. The van der Waals surface area contributed by atoms with Gasteiger partial charge in [-0.1, -0.05) is 17.7 Å². The highest BCUT2D eigenvalue weighted by Gasteiger charge is 2.54. The molecule has 4 rings (SSSR count). The maximum absolute atomic E-state index is 13.0. The Morgan fingerprint density at radius 1 is 1.19 bits per heavy atom. The zero-order valence-electron chi connectivity index (χ0n) is 20.5. The van der Waals surface area contributed by atoms with Gasteiger partial charge in [-0.15, -0.1) is 0 Å². The molecule has 1 atom stereocenters. The molecule has 1 unspecified atom stereocenters. The first-order valence-corrected chi connectivity index (χ1v) is 12.9. The fourth-order valence-corrected chi connectivity index (χ4v) is 4.73. The van der Waals surface area contributed by atoms with Crippen LogP contribution in [0.2, 0.25) is 5.02 Å². The number of fused-ring (bicyclic) bond motifs is 1. The lowest BCUT2D eigenvalue weighted by atomic mass is 9.99. The minimum absolute atomic E-state index is 0.175. The monoisotopic (exact) mass is 516 g/mol. The summed E-state index contributed by atoms with van der Waals surface area (Å²) in [6, 6.07) is 6.46. The van der Waals surface area contributed by atoms with Crippen LogP contribution in [-0.4, -0.2) is 59.9 Å². The second-order valence-corrected chi connectivity index (χ2v) is 9.74. The maximum atomic E-state index is 13.0. The van der Waals surface area contributed by atoms with Gasteiger partial charge in [-0.3, -0.25) is 4.79 Å². The number of amides is 1. The Morgan fingerprint density at radius 2 is 2.03 bits per heavy atom. The van der Waals surface area contributed by atoms with Crippen molar-refractivity contribution in [2.24, 2.45) is 0 Å². The third kappa shape index (κ3) is 6.25. The SMILES string of the molecule is COc1ccc(Cl)c(C2(C(=O)NC(CCOCCCCc3ccc4c(n3)NCCC4)C(=O)O)CC2)n1. The Balaban J connectivity index is 1.19. The first-order chi connectivity index (χ1) is 17.4. The number of aromatic nitrogens is 2. The van der Waals surface area contributed by atoms with E-state index in [0.717, 1.165) is 50.2 Å². The standard InChI is InChI=1S/C26H33ClN4O5/c1-35-21-10-9-19(27)22(31-21)26(12-13-26)25(34)30-20(24(32)33)11-16-36-15-3-2-6-18-8-7-17-5-4-14-28-23(17)29-18/h7-10,20H,2-6,11-16H2,1H3,(H,28,29)(H,30,34)(H,32,33). The summed E-state index contributed by atoms with van der Waals surface area (Å²) in [4.78, 5) is 33.8. The van der Waals surface area contributed by atoms with Crippen LogP contribution in [0.3, 0.4) is 0 Å². The summed E-state index contributed by atoms with van der Waals surface area (Å²) < 4.78 is 10.8. The molecule has 9 nitrogen and oxygen atoms in total. The quantitative estimate of drug-likeness (QED) is 0.345. The highest BCUT2D eigenvalue weighted by atomic mass is 35.5. The number of hydrogen-bond acceptors (Lipinski definition) is 7. The zero-order valence-corrected chi connectivity index (χ0v) is 21.3. The number of aliphatic carboxylic acids is 1. The van der Waals surface area contributed by atoms with Gasteiger partial charge < -0.3 is 25.2 Å². The molecule has 2 aliphatic rings. The van der Waals surface area contributed by atoms with Crippen molar-refractivity contribution in [2.45, 2.75) is 62.8 Å². The van der Waals surface area contributed by atoms with Gasteiger partial charge in [0.15, 0.2) is 0 Å². The third-order valence-corrected chi connectivity index (χ3v) is 7.05. The van der Waals surface area contributed by atoms with Crippen molar-refractivity contribution in [1.82, 2.24) is 15.3 Å². The molecule has 2 aromatic rings. The number of carbonyl (C=O) groups excluding carboxylic acids is 1. The van der Waals surface area contributed by atoms with Crippen LogP contribution >= 0.6 is 11.6 Å². The van der Waals surface area contributed by atoms with Crippen LogP contribution in [0, 0.1) is 0 Å². The van der Waals surface area contributed by atoms with Crippen molar-refractivity contribution in [3.8, 4) is 5.88 Å². The molecule has 0 spiro atoms. The van der Waals surface area contributed by atoms with Gasteiger partial charge in [-0.2, -0.15) is 0 Å². The molecule has 0 aromatic carbocycles. The maximum Gasteiger partial charge on any atom is 0.326 e. The number of nitrogens with one attached hydrogen (secondary N) is 2. The Bertz CT molecular complexity index is 1090. The molecule has 1 saturated carbocycles. The Labute approximate surface area is 216 Å². The molecule has 36 heavy (non-hydrogen) atoms. The summed E-state index contributed by atoms with van der Waals surface area (Å²) in [6.45, 7) is 1.74. The molecule has 194 valence electrons. The number of unbranched alkanes of at least 4 members (excludes halogenated alkanes) is 1. The second-order valence-electron chi connectivity index (χ2n) is 9.33. The minimum Gasteiger partial charge on any atom is -0.481 e. The second kappa shape index (κ2) is 11.9. The largest absolute Gasteiger partial charge is 0.481 e. The summed E-state index contributed by atoms with van der Waals surface area (Å²) in [7, 11) is 1.49. The summed E-state index contributed by atoms with van der Waals surface area (Å²) in [5, 5.41) is 16.0. The van der Waals surface area contributed by atoms with Crippen molar-refractivity contribution in [3.05, 3.63) is 46.2 Å². The molecule has 3 N–H and O–H groups in total. The molecule has 10 heteroatoms. The molecule has 0 bridgehead atoms. The number of carboxylic acid groups (broad SMARTS) is 1. The highest BCUT2D eigenvalue weighted by molar-refractivity contribution is 6.31. The first-order valence-electron chi connectivity index (χ1n) is 12.5. The number of halogens is 1. The van der Waals surface area contributed by atoms with Crippen molar-refractivity contribution in [3.63, 3.8) is 0 Å². The normalized spacial score (nSPS) is 16.4. The molecular weight excluding hydrogens is 484 g/mol. The van der Waals surface area contributed by atoms with Gasteiger partial charge in [0.1, 0.15) is 11.9 Å². The van der Waals surface area contributed by atoms with Crippen LogP contribution < -0.4 is 15.4 Å². The van der Waals surface area contributed by atoms with Gasteiger partial charge in [-0.25, -0.2) is 14.8 Å². The van der Waals surface area contributed by atoms with E-state index in [1.54, 1.807) is 12.1 Å². The van der Waals surface area contributed by atoms with E-state index in [9.17, 15) is 14.7 Å². The Morgan fingerprint density at radius 3 is 2.78 bits per heavy atom. The van der Waals surface area contributed by atoms with Gasteiger partial charge in [-0.05, 0) is 62.6 Å². The predicted octanol–water partition coefficient (Wildman–Crippen LogP) is 3.53. The summed E-state index contributed by atoms with van der Waals surface area (Å²) >= 11 is 6.29. The lowest BCUT2D eigenvalue weighted by Gasteiger charge is -2.20. The number of methoxy groups -OCH3 is 1.